The van der Waals surface area contributed by atoms with Gasteiger partial charge in [-0.25, -0.2) is 8.78 Å². The molecular formula is C24H20F2N4O2. The van der Waals surface area contributed by atoms with E-state index in [1.165, 1.54) is 33.8 Å². The van der Waals surface area contributed by atoms with Crippen molar-refractivity contribution in [2.45, 2.75) is 26.1 Å². The number of carbonyl (C=O) groups excluding carboxylic acids is 1. The first kappa shape index (κ1) is 18.0. The number of pyridine rings is 1. The van der Waals surface area contributed by atoms with E-state index in [2.05, 4.69) is 10.1 Å². The van der Waals surface area contributed by atoms with Crippen LogP contribution in [0, 0.1) is 11.6 Å². The van der Waals surface area contributed by atoms with Crippen molar-refractivity contribution in [3.63, 3.8) is 0 Å². The Morgan fingerprint density at radius 2 is 1.97 bits per heavy atom. The van der Waals surface area contributed by atoms with Crippen molar-refractivity contribution in [3.8, 4) is 11.1 Å². The van der Waals surface area contributed by atoms with Crippen molar-refractivity contribution in [1.82, 2.24) is 19.7 Å². The number of aliphatic hydroxyl groups is 1. The molecule has 0 aliphatic carbocycles. The summed E-state index contributed by atoms with van der Waals surface area (Å²) in [5.41, 5.74) is 1.58. The highest BCUT2D eigenvalue weighted by molar-refractivity contribution is 5.98. The van der Waals surface area contributed by atoms with Crippen molar-refractivity contribution in [3.05, 3.63) is 82.8 Å². The van der Waals surface area contributed by atoms with Crippen molar-refractivity contribution < 1.29 is 21.4 Å². The van der Waals surface area contributed by atoms with Crippen LogP contribution in [0.15, 0.2) is 48.8 Å². The summed E-state index contributed by atoms with van der Waals surface area (Å²) in [5, 5.41) is 14.5. The zero-order valence-electron chi connectivity index (χ0n) is 19.3. The molecule has 1 amide bonds. The number of hydrogen-bond acceptors (Lipinski definition) is 4. The monoisotopic (exact) mass is 436 g/mol. The van der Waals surface area contributed by atoms with Crippen molar-refractivity contribution in [1.29, 1.82) is 0 Å². The van der Waals surface area contributed by atoms with Crippen LogP contribution < -0.4 is 0 Å². The summed E-state index contributed by atoms with van der Waals surface area (Å²) in [6.07, 6.45) is 3.17. The lowest BCUT2D eigenvalue weighted by molar-refractivity contribution is 0.0709. The molecule has 0 unspecified atom stereocenters. The van der Waals surface area contributed by atoms with Gasteiger partial charge in [0, 0.05) is 36.0 Å². The zero-order valence-corrected chi connectivity index (χ0v) is 17.3. The van der Waals surface area contributed by atoms with Crippen LogP contribution in [0.4, 0.5) is 8.78 Å². The number of carbonyl (C=O) groups is 1. The van der Waals surface area contributed by atoms with Gasteiger partial charge in [0.15, 0.2) is 0 Å². The Hall–Kier alpha value is -3.65. The second kappa shape index (κ2) is 7.49. The van der Waals surface area contributed by atoms with E-state index in [1.807, 2.05) is 0 Å². The molecule has 1 atom stereocenters. The maximum Gasteiger partial charge on any atom is 0.256 e. The fraction of sp³-hybridized carbons (Fsp3) is 0.208. The molecule has 32 heavy (non-hydrogen) atoms. The van der Waals surface area contributed by atoms with Gasteiger partial charge >= 0.3 is 0 Å². The first-order chi connectivity index (χ1) is 16.1. The molecule has 6 nitrogen and oxygen atoms in total. The minimum atomic E-state index is -2.63. The molecule has 8 heteroatoms. The topological polar surface area (TPSA) is 71.2 Å². The van der Waals surface area contributed by atoms with Crippen LogP contribution in [-0.2, 0) is 20.2 Å². The van der Waals surface area contributed by atoms with E-state index in [4.69, 9.17) is 2.74 Å². The Kier molecular flexibility index (Phi) is 4.21. The van der Waals surface area contributed by atoms with Crippen LogP contribution in [0.2, 0.25) is 0 Å². The van der Waals surface area contributed by atoms with Gasteiger partial charge in [-0.15, -0.1) is 0 Å². The van der Waals surface area contributed by atoms with Crippen LogP contribution in [0.5, 0.6) is 0 Å². The van der Waals surface area contributed by atoms with Gasteiger partial charge in [-0.2, -0.15) is 5.10 Å². The number of benzene rings is 2. The van der Waals surface area contributed by atoms with Gasteiger partial charge in [0.1, 0.15) is 11.6 Å². The smallest absolute Gasteiger partial charge is 0.256 e. The summed E-state index contributed by atoms with van der Waals surface area (Å²) in [6, 6.07) is 7.66. The molecular weight excluding hydrogens is 414 g/mol. The van der Waals surface area contributed by atoms with Crippen LogP contribution in [-0.4, -0.2) is 30.7 Å². The number of aromatic nitrogens is 3. The minimum Gasteiger partial charge on any atom is -0.392 e. The molecule has 1 aliphatic heterocycles. The second-order valence-corrected chi connectivity index (χ2v) is 7.80. The summed E-state index contributed by atoms with van der Waals surface area (Å²) in [4.78, 5) is 18.3. The largest absolute Gasteiger partial charge is 0.392 e. The quantitative estimate of drug-likeness (QED) is 0.522. The van der Waals surface area contributed by atoms with E-state index in [1.54, 1.807) is 38.5 Å². The SMILES string of the molecule is [2H]C([2H])(O)c1ccc(-c2cc(F)c([C@@H](C)N3Cc4ncccc4C3=O)c(F)c2)c2cn(C)nc12. The predicted molar refractivity (Wildman–Crippen MR) is 115 cm³/mol. The first-order valence-electron chi connectivity index (χ1n) is 11.0. The average Bonchev–Trinajstić information content (AvgIpc) is 3.31. The van der Waals surface area contributed by atoms with Gasteiger partial charge in [-0.1, -0.05) is 12.1 Å². The second-order valence-electron chi connectivity index (χ2n) is 7.80. The number of hydrogen-bond donors (Lipinski definition) is 1. The summed E-state index contributed by atoms with van der Waals surface area (Å²) < 4.78 is 47.4. The third kappa shape index (κ3) is 3.06. The molecule has 0 bridgehead atoms. The summed E-state index contributed by atoms with van der Waals surface area (Å²) >= 11 is 0. The minimum absolute atomic E-state index is 0.0428. The van der Waals surface area contributed by atoms with Crippen molar-refractivity contribution in [2.75, 3.05) is 0 Å². The highest BCUT2D eigenvalue weighted by Gasteiger charge is 2.34. The van der Waals surface area contributed by atoms with E-state index < -0.39 is 24.2 Å². The van der Waals surface area contributed by atoms with Crippen molar-refractivity contribution in [2.24, 2.45) is 7.05 Å². The molecule has 2 aromatic heterocycles. The standard InChI is InChI=1S/C24H20F2N4O2/c1-13(30-11-21-17(24(30)32)4-3-7-27-21)22-19(25)8-15(9-20(22)26)16-6-5-14(12-31)23-18(16)10-29(2)28-23/h3-10,13,31H,11-12H2,1-2H3/t13-/m1/s1/i12D2. The van der Waals surface area contributed by atoms with E-state index in [0.29, 0.717) is 22.2 Å². The molecule has 4 aromatic rings. The summed E-state index contributed by atoms with van der Waals surface area (Å²) in [7, 11) is 1.63. The average molecular weight is 436 g/mol. The van der Waals surface area contributed by atoms with Gasteiger partial charge in [0.25, 0.3) is 5.91 Å². The molecule has 2 aromatic carbocycles. The van der Waals surface area contributed by atoms with E-state index in [-0.39, 0.29) is 34.7 Å². The Labute approximate surface area is 185 Å². The third-order valence-electron chi connectivity index (χ3n) is 5.89. The van der Waals surface area contributed by atoms with Gasteiger partial charge in [-0.05, 0) is 42.3 Å². The molecule has 1 aliphatic rings. The third-order valence-corrected chi connectivity index (χ3v) is 5.89. The molecule has 162 valence electrons. The Bertz CT molecular complexity index is 1440. The molecule has 0 spiro atoms. The van der Waals surface area contributed by atoms with Crippen LogP contribution in [0.1, 0.15) is 42.9 Å². The molecule has 0 radical (unpaired) electrons. The maximum atomic E-state index is 15.3. The lowest BCUT2D eigenvalue weighted by Gasteiger charge is -2.25. The van der Waals surface area contributed by atoms with Gasteiger partial charge < -0.3 is 10.0 Å². The lowest BCUT2D eigenvalue weighted by Crippen LogP contribution is -2.28. The van der Waals surface area contributed by atoms with Gasteiger partial charge in [0.05, 0.1) is 38.7 Å². The molecule has 0 saturated heterocycles. The number of fused-ring (bicyclic) bond motifs is 2. The normalized spacial score (nSPS) is 15.7. The number of nitrogens with zero attached hydrogens (tertiary/aromatic N) is 4. The number of amides is 1. The maximum absolute atomic E-state index is 15.3. The number of halogens is 2. The molecule has 5 rings (SSSR count). The highest BCUT2D eigenvalue weighted by atomic mass is 19.1. The van der Waals surface area contributed by atoms with E-state index in [0.717, 1.165) is 0 Å². The van der Waals surface area contributed by atoms with E-state index >= 15 is 8.78 Å². The molecule has 0 saturated carbocycles. The zero-order chi connectivity index (χ0) is 24.4. The number of aryl methyl sites for hydroxylation is 1. The fourth-order valence-corrected chi connectivity index (χ4v) is 4.32. The van der Waals surface area contributed by atoms with Gasteiger partial charge in [0.2, 0.25) is 0 Å². The summed E-state index contributed by atoms with van der Waals surface area (Å²) in [5.74, 6) is -1.94. The predicted octanol–water partition coefficient (Wildman–Crippen LogP) is 4.12. The van der Waals surface area contributed by atoms with E-state index in [9.17, 15) is 9.90 Å². The Morgan fingerprint density at radius 1 is 1.22 bits per heavy atom. The Morgan fingerprint density at radius 3 is 2.66 bits per heavy atom. The molecule has 3 heterocycles. The molecule has 1 N–H and O–H groups in total. The summed E-state index contributed by atoms with van der Waals surface area (Å²) in [6.45, 7) is -0.893. The van der Waals surface area contributed by atoms with Crippen molar-refractivity contribution >= 4 is 16.8 Å². The first-order valence-corrected chi connectivity index (χ1v) is 9.99. The number of rotatable bonds is 4. The highest BCUT2D eigenvalue weighted by Crippen LogP contribution is 2.36. The van der Waals surface area contributed by atoms with Crippen LogP contribution >= 0.6 is 0 Å². The lowest BCUT2D eigenvalue weighted by atomic mass is 9.96. The molecule has 0 fully saturated rings. The van der Waals surface area contributed by atoms with Crippen LogP contribution in [0.25, 0.3) is 22.0 Å². The fourth-order valence-electron chi connectivity index (χ4n) is 4.32. The van der Waals surface area contributed by atoms with Crippen LogP contribution in [0.3, 0.4) is 0 Å². The van der Waals surface area contributed by atoms with Gasteiger partial charge in [-0.3, -0.25) is 14.5 Å². The Balaban J connectivity index is 1.56.